The van der Waals surface area contributed by atoms with Crippen molar-refractivity contribution in [2.75, 3.05) is 27.3 Å². The van der Waals surface area contributed by atoms with Crippen LogP contribution in [-0.2, 0) is 14.3 Å². The van der Waals surface area contributed by atoms with Gasteiger partial charge in [-0.3, -0.25) is 4.79 Å². The van der Waals surface area contributed by atoms with Crippen molar-refractivity contribution in [1.29, 1.82) is 0 Å². The molecule has 0 unspecified atom stereocenters. The highest BCUT2D eigenvalue weighted by Crippen LogP contribution is 2.31. The van der Waals surface area contributed by atoms with Crippen molar-refractivity contribution >= 4 is 5.91 Å². The molecule has 1 heterocycles. The van der Waals surface area contributed by atoms with Gasteiger partial charge < -0.3 is 14.4 Å². The van der Waals surface area contributed by atoms with Gasteiger partial charge in [-0.15, -0.1) is 0 Å². The van der Waals surface area contributed by atoms with E-state index in [0.29, 0.717) is 25.9 Å². The molecule has 1 fully saturated rings. The second-order valence-corrected chi connectivity index (χ2v) is 6.40. The van der Waals surface area contributed by atoms with E-state index in [1.165, 1.54) is 0 Å². The summed E-state index contributed by atoms with van der Waals surface area (Å²) >= 11 is 0. The summed E-state index contributed by atoms with van der Waals surface area (Å²) in [5, 5.41) is 0. The maximum Gasteiger partial charge on any atom is 0.234 e. The number of carbonyl (C=O) groups is 1. The van der Waals surface area contributed by atoms with Crippen LogP contribution in [0.25, 0.3) is 0 Å². The van der Waals surface area contributed by atoms with Gasteiger partial charge in [0.2, 0.25) is 5.91 Å². The van der Waals surface area contributed by atoms with Gasteiger partial charge in [-0.2, -0.15) is 0 Å². The number of piperidine rings is 1. The molecule has 2 aromatic rings. The molecule has 4 heteroatoms. The highest BCUT2D eigenvalue weighted by atomic mass is 16.7. The molecule has 1 aliphatic rings. The molecule has 0 aromatic heterocycles. The molecule has 1 aliphatic heterocycles. The Hall–Kier alpha value is -2.17. The molecule has 4 nitrogen and oxygen atoms in total. The molecule has 25 heavy (non-hydrogen) atoms. The molecule has 0 radical (unpaired) electrons. The number of hydrogen-bond acceptors (Lipinski definition) is 3. The first-order valence-electron chi connectivity index (χ1n) is 8.68. The van der Waals surface area contributed by atoms with E-state index in [2.05, 4.69) is 0 Å². The van der Waals surface area contributed by atoms with Crippen molar-refractivity contribution in [3.8, 4) is 0 Å². The minimum atomic E-state index is -0.564. The van der Waals surface area contributed by atoms with Gasteiger partial charge in [-0.05, 0) is 11.1 Å². The predicted octanol–water partition coefficient (Wildman–Crippen LogP) is 3.43. The van der Waals surface area contributed by atoms with E-state index in [9.17, 15) is 4.79 Å². The van der Waals surface area contributed by atoms with E-state index in [-0.39, 0.29) is 11.8 Å². The van der Waals surface area contributed by atoms with Crippen molar-refractivity contribution in [2.24, 2.45) is 0 Å². The molecule has 0 aliphatic carbocycles. The maximum atomic E-state index is 13.3. The number of likely N-dealkylation sites (tertiary alicyclic amines) is 1. The van der Waals surface area contributed by atoms with Gasteiger partial charge in [0, 0.05) is 40.2 Å². The third kappa shape index (κ3) is 3.75. The summed E-state index contributed by atoms with van der Waals surface area (Å²) in [6, 6.07) is 20.0. The van der Waals surface area contributed by atoms with E-state index in [0.717, 1.165) is 11.1 Å². The number of methoxy groups -OCH3 is 2. The first-order chi connectivity index (χ1) is 12.2. The smallest absolute Gasteiger partial charge is 0.234 e. The van der Waals surface area contributed by atoms with Gasteiger partial charge in [0.25, 0.3) is 0 Å². The summed E-state index contributed by atoms with van der Waals surface area (Å²) in [4.78, 5) is 15.3. The first kappa shape index (κ1) is 17.6. The highest BCUT2D eigenvalue weighted by Gasteiger charge is 2.38. The topological polar surface area (TPSA) is 38.8 Å². The van der Waals surface area contributed by atoms with Gasteiger partial charge >= 0.3 is 0 Å². The molecular formula is C21H25NO3. The summed E-state index contributed by atoms with van der Waals surface area (Å²) in [6.07, 6.45) is 1.37. The Bertz CT molecular complexity index is 633. The first-order valence-corrected chi connectivity index (χ1v) is 8.68. The van der Waals surface area contributed by atoms with Gasteiger partial charge in [0.15, 0.2) is 5.79 Å². The molecule has 3 rings (SSSR count). The predicted molar refractivity (Wildman–Crippen MR) is 97.3 cm³/mol. The number of benzene rings is 2. The van der Waals surface area contributed by atoms with Crippen LogP contribution in [0.5, 0.6) is 0 Å². The van der Waals surface area contributed by atoms with Gasteiger partial charge in [-0.25, -0.2) is 0 Å². The molecule has 1 amide bonds. The largest absolute Gasteiger partial charge is 0.353 e. The lowest BCUT2D eigenvalue weighted by molar-refractivity contribution is -0.228. The van der Waals surface area contributed by atoms with Gasteiger partial charge in [-0.1, -0.05) is 60.7 Å². The molecule has 1 saturated heterocycles. The second-order valence-electron chi connectivity index (χ2n) is 6.40. The zero-order valence-corrected chi connectivity index (χ0v) is 14.9. The van der Waals surface area contributed by atoms with Crippen LogP contribution in [0.1, 0.15) is 29.9 Å². The van der Waals surface area contributed by atoms with Crippen LogP contribution < -0.4 is 0 Å². The van der Waals surface area contributed by atoms with E-state index in [1.54, 1.807) is 14.2 Å². The third-order valence-corrected chi connectivity index (χ3v) is 5.09. The van der Waals surface area contributed by atoms with Crippen molar-refractivity contribution in [1.82, 2.24) is 4.90 Å². The summed E-state index contributed by atoms with van der Waals surface area (Å²) in [6.45, 7) is 1.27. The lowest BCUT2D eigenvalue weighted by Crippen LogP contribution is -2.49. The highest BCUT2D eigenvalue weighted by molar-refractivity contribution is 5.87. The Labute approximate surface area is 149 Å². The number of hydrogen-bond donors (Lipinski definition) is 0. The summed E-state index contributed by atoms with van der Waals surface area (Å²) in [5.74, 6) is -0.704. The number of ether oxygens (including phenoxy) is 2. The number of nitrogens with zero attached hydrogens (tertiary/aromatic N) is 1. The van der Waals surface area contributed by atoms with Gasteiger partial charge in [0.05, 0.1) is 5.92 Å². The molecule has 0 atom stereocenters. The molecule has 0 saturated carbocycles. The van der Waals surface area contributed by atoms with Crippen LogP contribution >= 0.6 is 0 Å². The zero-order chi connectivity index (χ0) is 17.7. The van der Waals surface area contributed by atoms with Crippen LogP contribution in [0.2, 0.25) is 0 Å². The van der Waals surface area contributed by atoms with E-state index in [4.69, 9.17) is 9.47 Å². The van der Waals surface area contributed by atoms with Crippen LogP contribution in [-0.4, -0.2) is 43.9 Å². The number of carbonyl (C=O) groups excluding carboxylic acids is 1. The maximum absolute atomic E-state index is 13.3. The van der Waals surface area contributed by atoms with Crippen LogP contribution in [0, 0.1) is 0 Å². The minimum absolute atomic E-state index is 0.137. The Morgan fingerprint density at radius 1 is 0.880 bits per heavy atom. The van der Waals surface area contributed by atoms with Crippen LogP contribution in [0.3, 0.4) is 0 Å². The summed E-state index contributed by atoms with van der Waals surface area (Å²) in [7, 11) is 3.33. The Morgan fingerprint density at radius 2 is 1.32 bits per heavy atom. The normalized spacial score (nSPS) is 16.8. The van der Waals surface area contributed by atoms with Crippen LogP contribution in [0.15, 0.2) is 60.7 Å². The molecule has 0 bridgehead atoms. The Balaban J connectivity index is 1.84. The van der Waals surface area contributed by atoms with E-state index in [1.807, 2.05) is 65.6 Å². The van der Waals surface area contributed by atoms with Crippen molar-refractivity contribution < 1.29 is 14.3 Å². The summed E-state index contributed by atoms with van der Waals surface area (Å²) < 4.78 is 11.1. The minimum Gasteiger partial charge on any atom is -0.353 e. The Kier molecular flexibility index (Phi) is 5.51. The van der Waals surface area contributed by atoms with Crippen molar-refractivity contribution in [2.45, 2.75) is 24.5 Å². The molecule has 2 aromatic carbocycles. The lowest BCUT2D eigenvalue weighted by Gasteiger charge is -2.40. The molecule has 132 valence electrons. The molecule has 0 spiro atoms. The lowest BCUT2D eigenvalue weighted by atomic mass is 9.89. The SMILES string of the molecule is COC1(OC)CCN(C(=O)C(c2ccccc2)c2ccccc2)CC1. The van der Waals surface area contributed by atoms with Crippen molar-refractivity contribution in [3.63, 3.8) is 0 Å². The van der Waals surface area contributed by atoms with E-state index >= 15 is 0 Å². The second kappa shape index (κ2) is 7.81. The third-order valence-electron chi connectivity index (χ3n) is 5.09. The number of amides is 1. The fourth-order valence-corrected chi connectivity index (χ4v) is 3.51. The summed E-state index contributed by atoms with van der Waals surface area (Å²) in [5.41, 5.74) is 2.04. The zero-order valence-electron chi connectivity index (χ0n) is 14.9. The molecule has 0 N–H and O–H groups in total. The van der Waals surface area contributed by atoms with Crippen molar-refractivity contribution in [3.05, 3.63) is 71.8 Å². The van der Waals surface area contributed by atoms with Crippen LogP contribution in [0.4, 0.5) is 0 Å². The fraction of sp³-hybridized carbons (Fsp3) is 0.381. The quantitative estimate of drug-likeness (QED) is 0.784. The average Bonchev–Trinajstić information content (AvgIpc) is 2.70. The average molecular weight is 339 g/mol. The van der Waals surface area contributed by atoms with Gasteiger partial charge in [0.1, 0.15) is 0 Å². The number of rotatable bonds is 5. The standard InChI is InChI=1S/C21H25NO3/c1-24-21(25-2)13-15-22(16-14-21)20(23)19(17-9-5-3-6-10-17)18-11-7-4-8-12-18/h3-12,19H,13-16H2,1-2H3. The monoisotopic (exact) mass is 339 g/mol. The fourth-order valence-electron chi connectivity index (χ4n) is 3.51. The molecular weight excluding hydrogens is 314 g/mol. The van der Waals surface area contributed by atoms with E-state index < -0.39 is 5.79 Å². The Morgan fingerprint density at radius 3 is 1.72 bits per heavy atom.